The highest BCUT2D eigenvalue weighted by molar-refractivity contribution is 8.01. The fourth-order valence-corrected chi connectivity index (χ4v) is 4.12. The Balaban J connectivity index is 1.98. The van der Waals surface area contributed by atoms with Crippen molar-refractivity contribution in [2.75, 3.05) is 17.7 Å². The lowest BCUT2D eigenvalue weighted by Gasteiger charge is -2.35. The summed E-state index contributed by atoms with van der Waals surface area (Å²) in [6, 6.07) is 0.527. The molecule has 2 atom stereocenters. The van der Waals surface area contributed by atoms with Gasteiger partial charge in [0.05, 0.1) is 5.75 Å². The molecule has 2 rings (SSSR count). The third kappa shape index (κ3) is 3.82. The van der Waals surface area contributed by atoms with E-state index in [9.17, 15) is 4.79 Å². The zero-order valence-corrected chi connectivity index (χ0v) is 12.8. The van der Waals surface area contributed by atoms with Gasteiger partial charge in [-0.2, -0.15) is 0 Å². The SMILES string of the molecule is CC1CCCCC1N(C)c1nnc(SCC(=O)O)s1. The number of carbonyl (C=O) groups is 1. The van der Waals surface area contributed by atoms with Crippen LogP contribution in [0.15, 0.2) is 4.34 Å². The van der Waals surface area contributed by atoms with E-state index in [-0.39, 0.29) is 5.75 Å². The van der Waals surface area contributed by atoms with Crippen molar-refractivity contribution in [3.05, 3.63) is 0 Å². The van der Waals surface area contributed by atoms with E-state index in [1.165, 1.54) is 48.8 Å². The minimum Gasteiger partial charge on any atom is -0.481 e. The lowest BCUT2D eigenvalue weighted by atomic mass is 9.85. The van der Waals surface area contributed by atoms with Crippen molar-refractivity contribution in [3.63, 3.8) is 0 Å². The normalized spacial score (nSPS) is 23.3. The first-order valence-electron chi connectivity index (χ1n) is 6.49. The van der Waals surface area contributed by atoms with E-state index in [2.05, 4.69) is 29.1 Å². The lowest BCUT2D eigenvalue weighted by molar-refractivity contribution is -0.133. The standard InChI is InChI=1S/C12H19N3O2S2/c1-8-5-3-4-6-9(8)15(2)11-13-14-12(19-11)18-7-10(16)17/h8-9H,3-7H2,1-2H3,(H,16,17). The molecule has 2 unspecified atom stereocenters. The van der Waals surface area contributed by atoms with Crippen LogP contribution in [0.2, 0.25) is 0 Å². The fraction of sp³-hybridized carbons (Fsp3) is 0.750. The van der Waals surface area contributed by atoms with Crippen LogP contribution in [-0.4, -0.2) is 40.1 Å². The Morgan fingerprint density at radius 1 is 1.47 bits per heavy atom. The first-order valence-corrected chi connectivity index (χ1v) is 8.29. The number of rotatable bonds is 5. The maximum atomic E-state index is 10.5. The van der Waals surface area contributed by atoms with Gasteiger partial charge in [-0.05, 0) is 18.8 Å². The zero-order valence-electron chi connectivity index (χ0n) is 11.2. The average molecular weight is 301 g/mol. The number of hydrogen-bond acceptors (Lipinski definition) is 6. The molecule has 106 valence electrons. The summed E-state index contributed by atoms with van der Waals surface area (Å²) < 4.78 is 0.729. The monoisotopic (exact) mass is 301 g/mol. The Morgan fingerprint density at radius 3 is 2.89 bits per heavy atom. The van der Waals surface area contributed by atoms with E-state index >= 15 is 0 Å². The summed E-state index contributed by atoms with van der Waals surface area (Å²) in [5, 5.41) is 17.8. The van der Waals surface area contributed by atoms with Crippen molar-refractivity contribution in [3.8, 4) is 0 Å². The van der Waals surface area contributed by atoms with E-state index in [0.717, 1.165) is 9.47 Å². The molecule has 19 heavy (non-hydrogen) atoms. The Bertz CT molecular complexity index is 438. The molecule has 1 heterocycles. The van der Waals surface area contributed by atoms with Gasteiger partial charge in [0.15, 0.2) is 4.34 Å². The van der Waals surface area contributed by atoms with Crippen LogP contribution in [-0.2, 0) is 4.79 Å². The Hall–Kier alpha value is -0.820. The number of thioether (sulfide) groups is 1. The molecule has 5 nitrogen and oxygen atoms in total. The van der Waals surface area contributed by atoms with Crippen LogP contribution in [0.4, 0.5) is 5.13 Å². The summed E-state index contributed by atoms with van der Waals surface area (Å²) in [7, 11) is 2.07. The van der Waals surface area contributed by atoms with Crippen molar-refractivity contribution in [2.24, 2.45) is 5.92 Å². The minimum atomic E-state index is -0.823. The summed E-state index contributed by atoms with van der Waals surface area (Å²) >= 11 is 2.71. The second-order valence-electron chi connectivity index (χ2n) is 4.97. The molecule has 0 spiro atoms. The Kier molecular flexibility index (Phi) is 5.04. The van der Waals surface area contributed by atoms with Gasteiger partial charge in [0.2, 0.25) is 5.13 Å². The molecule has 1 N–H and O–H groups in total. The molecular weight excluding hydrogens is 282 g/mol. The van der Waals surface area contributed by atoms with E-state index in [1.807, 2.05) is 0 Å². The number of nitrogens with zero attached hydrogens (tertiary/aromatic N) is 3. The van der Waals surface area contributed by atoms with Crippen LogP contribution < -0.4 is 4.90 Å². The van der Waals surface area contributed by atoms with Gasteiger partial charge < -0.3 is 10.0 Å². The second-order valence-corrected chi connectivity index (χ2v) is 7.15. The maximum absolute atomic E-state index is 10.5. The molecule has 0 bridgehead atoms. The molecule has 0 amide bonds. The van der Waals surface area contributed by atoms with Crippen molar-refractivity contribution < 1.29 is 9.90 Å². The van der Waals surface area contributed by atoms with E-state index in [0.29, 0.717) is 12.0 Å². The van der Waals surface area contributed by atoms with Gasteiger partial charge in [-0.3, -0.25) is 4.79 Å². The summed E-state index contributed by atoms with van der Waals surface area (Å²) in [6.45, 7) is 2.29. The maximum Gasteiger partial charge on any atom is 0.313 e. The number of carboxylic acid groups (broad SMARTS) is 1. The van der Waals surface area contributed by atoms with Gasteiger partial charge >= 0.3 is 5.97 Å². The van der Waals surface area contributed by atoms with Crippen molar-refractivity contribution in [1.82, 2.24) is 10.2 Å². The highest BCUT2D eigenvalue weighted by atomic mass is 32.2. The van der Waals surface area contributed by atoms with Crippen LogP contribution in [0, 0.1) is 5.92 Å². The first-order chi connectivity index (χ1) is 9.08. The van der Waals surface area contributed by atoms with Crippen LogP contribution in [0.1, 0.15) is 32.6 Å². The topological polar surface area (TPSA) is 66.3 Å². The molecule has 1 aromatic heterocycles. The highest BCUT2D eigenvalue weighted by Gasteiger charge is 2.27. The van der Waals surface area contributed by atoms with Crippen molar-refractivity contribution in [1.29, 1.82) is 0 Å². The number of hydrogen-bond donors (Lipinski definition) is 1. The average Bonchev–Trinajstić information content (AvgIpc) is 2.85. The molecule has 7 heteroatoms. The Morgan fingerprint density at radius 2 is 2.21 bits per heavy atom. The van der Waals surface area contributed by atoms with Gasteiger partial charge in [-0.1, -0.05) is 42.9 Å². The van der Waals surface area contributed by atoms with Crippen molar-refractivity contribution in [2.45, 2.75) is 43.0 Å². The number of carboxylic acids is 1. The van der Waals surface area contributed by atoms with Crippen LogP contribution in [0.3, 0.4) is 0 Å². The van der Waals surface area contributed by atoms with Gasteiger partial charge in [0.1, 0.15) is 0 Å². The smallest absolute Gasteiger partial charge is 0.313 e. The molecule has 0 aromatic carbocycles. The zero-order chi connectivity index (χ0) is 13.8. The molecule has 1 fully saturated rings. The number of aliphatic carboxylic acids is 1. The number of anilines is 1. The van der Waals surface area contributed by atoms with Gasteiger partial charge in [0, 0.05) is 13.1 Å². The first kappa shape index (κ1) is 14.6. The summed E-state index contributed by atoms with van der Waals surface area (Å²) in [5.41, 5.74) is 0. The van der Waals surface area contributed by atoms with Gasteiger partial charge in [0.25, 0.3) is 0 Å². The van der Waals surface area contributed by atoms with Crippen molar-refractivity contribution >= 4 is 34.2 Å². The third-order valence-electron chi connectivity index (χ3n) is 3.58. The predicted molar refractivity (Wildman–Crippen MR) is 78.1 cm³/mol. The van der Waals surface area contributed by atoms with E-state index < -0.39 is 5.97 Å². The quantitative estimate of drug-likeness (QED) is 0.844. The number of aromatic nitrogens is 2. The van der Waals surface area contributed by atoms with E-state index in [4.69, 9.17) is 5.11 Å². The Labute approximate surface area is 121 Å². The molecule has 1 aliphatic carbocycles. The summed E-state index contributed by atoms with van der Waals surface area (Å²) in [5.74, 6) is -0.105. The minimum absolute atomic E-state index is 0.0399. The molecule has 1 aromatic rings. The summed E-state index contributed by atoms with van der Waals surface area (Å²) in [4.78, 5) is 12.7. The van der Waals surface area contributed by atoms with Crippen LogP contribution >= 0.6 is 23.1 Å². The van der Waals surface area contributed by atoms with Crippen LogP contribution in [0.25, 0.3) is 0 Å². The summed E-state index contributed by atoms with van der Waals surface area (Å²) in [6.07, 6.45) is 5.07. The lowest BCUT2D eigenvalue weighted by Crippen LogP contribution is -2.38. The molecule has 0 saturated heterocycles. The molecule has 1 aliphatic rings. The largest absolute Gasteiger partial charge is 0.481 e. The highest BCUT2D eigenvalue weighted by Crippen LogP contribution is 2.33. The third-order valence-corrected chi connectivity index (χ3v) is 5.71. The van der Waals surface area contributed by atoms with E-state index in [1.54, 1.807) is 0 Å². The van der Waals surface area contributed by atoms with Gasteiger partial charge in [-0.15, -0.1) is 10.2 Å². The molecule has 0 radical (unpaired) electrons. The second kappa shape index (κ2) is 6.56. The molecule has 0 aliphatic heterocycles. The molecular formula is C12H19N3O2S2. The van der Waals surface area contributed by atoms with Crippen LogP contribution in [0.5, 0.6) is 0 Å². The fourth-order valence-electron chi connectivity index (χ4n) is 2.54. The molecule has 1 saturated carbocycles. The van der Waals surface area contributed by atoms with Gasteiger partial charge in [-0.25, -0.2) is 0 Å². The predicted octanol–water partition coefficient (Wildman–Crippen LogP) is 2.73.